The molecule has 0 radical (unpaired) electrons. The minimum atomic E-state index is -0.143. The van der Waals surface area contributed by atoms with Crippen LogP contribution in [0.4, 0.5) is 5.69 Å². The van der Waals surface area contributed by atoms with Crippen LogP contribution in [0, 0.1) is 13.8 Å². The van der Waals surface area contributed by atoms with Gasteiger partial charge in [0, 0.05) is 11.8 Å². The zero-order valence-corrected chi connectivity index (χ0v) is 12.5. The molecule has 2 aromatic carbocycles. The molecule has 2 rings (SSSR count). The van der Waals surface area contributed by atoms with E-state index in [-0.39, 0.29) is 5.91 Å². The molecular formula is C18H19NO2. The molecule has 21 heavy (non-hydrogen) atoms. The van der Waals surface area contributed by atoms with Crippen LogP contribution < -0.4 is 10.1 Å². The number of carbonyl (C=O) groups excluding carboxylic acids is 1. The Morgan fingerprint density at radius 2 is 1.67 bits per heavy atom. The highest BCUT2D eigenvalue weighted by molar-refractivity contribution is 6.02. The van der Waals surface area contributed by atoms with E-state index in [0.717, 1.165) is 28.1 Å². The monoisotopic (exact) mass is 281 g/mol. The molecular weight excluding hydrogens is 262 g/mol. The Morgan fingerprint density at radius 3 is 2.24 bits per heavy atom. The van der Waals surface area contributed by atoms with Crippen LogP contribution in [0.15, 0.2) is 48.5 Å². The van der Waals surface area contributed by atoms with Crippen molar-refractivity contribution in [3.05, 3.63) is 65.2 Å². The van der Waals surface area contributed by atoms with Gasteiger partial charge in [0.05, 0.1) is 7.11 Å². The van der Waals surface area contributed by atoms with Crippen molar-refractivity contribution in [2.45, 2.75) is 13.8 Å². The van der Waals surface area contributed by atoms with E-state index in [1.807, 2.05) is 50.2 Å². The molecule has 2 aromatic rings. The summed E-state index contributed by atoms with van der Waals surface area (Å²) in [6, 6.07) is 13.5. The van der Waals surface area contributed by atoms with E-state index in [1.165, 1.54) is 6.08 Å². The molecule has 0 aliphatic carbocycles. The smallest absolute Gasteiger partial charge is 0.248 e. The number of carbonyl (C=O) groups is 1. The number of nitrogens with one attached hydrogen (secondary N) is 1. The van der Waals surface area contributed by atoms with Gasteiger partial charge in [-0.3, -0.25) is 4.79 Å². The predicted molar refractivity (Wildman–Crippen MR) is 86.6 cm³/mol. The Kier molecular flexibility index (Phi) is 4.77. The number of hydrogen-bond acceptors (Lipinski definition) is 2. The van der Waals surface area contributed by atoms with E-state index in [9.17, 15) is 4.79 Å². The average Bonchev–Trinajstić information content (AvgIpc) is 2.44. The molecule has 0 bridgehead atoms. The summed E-state index contributed by atoms with van der Waals surface area (Å²) in [5.41, 5.74) is 4.03. The fourth-order valence-corrected chi connectivity index (χ4v) is 2.12. The van der Waals surface area contributed by atoms with Crippen LogP contribution in [0.5, 0.6) is 5.75 Å². The summed E-state index contributed by atoms with van der Waals surface area (Å²) in [5.74, 6) is 0.655. The highest BCUT2D eigenvalue weighted by Gasteiger charge is 2.00. The van der Waals surface area contributed by atoms with E-state index >= 15 is 0 Å². The number of anilines is 1. The van der Waals surface area contributed by atoms with Crippen molar-refractivity contribution in [2.24, 2.45) is 0 Å². The topological polar surface area (TPSA) is 38.3 Å². The van der Waals surface area contributed by atoms with Gasteiger partial charge in [0.1, 0.15) is 5.75 Å². The van der Waals surface area contributed by atoms with Crippen LogP contribution in [0.2, 0.25) is 0 Å². The SMILES string of the molecule is COc1ccc(/C=C/C(=O)Nc2cc(C)cc(C)c2)cc1. The maximum absolute atomic E-state index is 11.9. The second kappa shape index (κ2) is 6.75. The van der Waals surface area contributed by atoms with E-state index in [1.54, 1.807) is 13.2 Å². The molecule has 0 aromatic heterocycles. The molecule has 0 heterocycles. The average molecular weight is 281 g/mol. The maximum Gasteiger partial charge on any atom is 0.248 e. The zero-order valence-electron chi connectivity index (χ0n) is 12.5. The lowest BCUT2D eigenvalue weighted by atomic mass is 10.1. The van der Waals surface area contributed by atoms with Gasteiger partial charge in [-0.15, -0.1) is 0 Å². The van der Waals surface area contributed by atoms with Gasteiger partial charge in [-0.05, 0) is 60.9 Å². The normalized spacial score (nSPS) is 10.6. The fourth-order valence-electron chi connectivity index (χ4n) is 2.12. The third-order valence-electron chi connectivity index (χ3n) is 3.03. The third kappa shape index (κ3) is 4.49. The minimum Gasteiger partial charge on any atom is -0.497 e. The zero-order chi connectivity index (χ0) is 15.2. The third-order valence-corrected chi connectivity index (χ3v) is 3.03. The van der Waals surface area contributed by atoms with Crippen molar-refractivity contribution in [1.29, 1.82) is 0 Å². The molecule has 0 aliphatic heterocycles. The summed E-state index contributed by atoms with van der Waals surface area (Å²) in [6.45, 7) is 4.02. The van der Waals surface area contributed by atoms with Gasteiger partial charge in [-0.25, -0.2) is 0 Å². The first-order valence-corrected chi connectivity index (χ1v) is 6.78. The van der Waals surface area contributed by atoms with Crippen molar-refractivity contribution < 1.29 is 9.53 Å². The van der Waals surface area contributed by atoms with E-state index in [4.69, 9.17) is 4.74 Å². The van der Waals surface area contributed by atoms with E-state index in [2.05, 4.69) is 11.4 Å². The lowest BCUT2D eigenvalue weighted by Crippen LogP contribution is -2.08. The lowest BCUT2D eigenvalue weighted by Gasteiger charge is -2.05. The van der Waals surface area contributed by atoms with Crippen LogP contribution in [0.3, 0.4) is 0 Å². The Hall–Kier alpha value is -2.55. The number of amides is 1. The van der Waals surface area contributed by atoms with Crippen molar-refractivity contribution in [1.82, 2.24) is 0 Å². The van der Waals surface area contributed by atoms with Crippen molar-refractivity contribution in [2.75, 3.05) is 12.4 Å². The van der Waals surface area contributed by atoms with Crippen LogP contribution in [-0.4, -0.2) is 13.0 Å². The Bertz CT molecular complexity index is 637. The van der Waals surface area contributed by atoms with Gasteiger partial charge in [0.25, 0.3) is 0 Å². The number of hydrogen-bond donors (Lipinski definition) is 1. The van der Waals surface area contributed by atoms with Gasteiger partial charge in [-0.2, -0.15) is 0 Å². The standard InChI is InChI=1S/C18H19NO2/c1-13-10-14(2)12-16(11-13)19-18(20)9-6-15-4-7-17(21-3)8-5-15/h4-12H,1-3H3,(H,19,20)/b9-6+. The summed E-state index contributed by atoms with van der Waals surface area (Å²) in [4.78, 5) is 11.9. The van der Waals surface area contributed by atoms with Crippen LogP contribution >= 0.6 is 0 Å². The van der Waals surface area contributed by atoms with Gasteiger partial charge in [0.2, 0.25) is 5.91 Å². The first kappa shape index (κ1) is 14.9. The molecule has 1 amide bonds. The summed E-state index contributed by atoms with van der Waals surface area (Å²) >= 11 is 0. The molecule has 3 heteroatoms. The summed E-state index contributed by atoms with van der Waals surface area (Å²) in [7, 11) is 1.63. The Labute approximate surface area is 125 Å². The molecule has 0 saturated heterocycles. The molecule has 1 N–H and O–H groups in total. The molecule has 0 spiro atoms. The summed E-state index contributed by atoms with van der Waals surface area (Å²) < 4.78 is 5.09. The van der Waals surface area contributed by atoms with Gasteiger partial charge in [0.15, 0.2) is 0 Å². The number of rotatable bonds is 4. The van der Waals surface area contributed by atoms with Crippen molar-refractivity contribution >= 4 is 17.7 Å². The summed E-state index contributed by atoms with van der Waals surface area (Å²) in [5, 5.41) is 2.87. The van der Waals surface area contributed by atoms with Crippen LogP contribution in [0.25, 0.3) is 6.08 Å². The largest absolute Gasteiger partial charge is 0.497 e. The highest BCUT2D eigenvalue weighted by atomic mass is 16.5. The van der Waals surface area contributed by atoms with Crippen molar-refractivity contribution in [3.8, 4) is 5.75 Å². The number of aryl methyl sites for hydroxylation is 2. The van der Waals surface area contributed by atoms with Gasteiger partial charge < -0.3 is 10.1 Å². The fraction of sp³-hybridized carbons (Fsp3) is 0.167. The lowest BCUT2D eigenvalue weighted by molar-refractivity contribution is -0.111. The molecule has 0 fully saturated rings. The molecule has 0 aliphatic rings. The highest BCUT2D eigenvalue weighted by Crippen LogP contribution is 2.15. The predicted octanol–water partition coefficient (Wildman–Crippen LogP) is 3.96. The van der Waals surface area contributed by atoms with E-state index in [0.29, 0.717) is 0 Å². The van der Waals surface area contributed by atoms with Crippen molar-refractivity contribution in [3.63, 3.8) is 0 Å². The van der Waals surface area contributed by atoms with Gasteiger partial charge in [-0.1, -0.05) is 18.2 Å². The van der Waals surface area contributed by atoms with E-state index < -0.39 is 0 Å². The van der Waals surface area contributed by atoms with Gasteiger partial charge >= 0.3 is 0 Å². The second-order valence-corrected chi connectivity index (χ2v) is 4.97. The van der Waals surface area contributed by atoms with Crippen LogP contribution in [-0.2, 0) is 4.79 Å². The Balaban J connectivity index is 2.01. The first-order valence-electron chi connectivity index (χ1n) is 6.78. The maximum atomic E-state index is 11.9. The molecule has 0 unspecified atom stereocenters. The minimum absolute atomic E-state index is 0.143. The second-order valence-electron chi connectivity index (χ2n) is 4.97. The number of methoxy groups -OCH3 is 1. The first-order chi connectivity index (χ1) is 10.1. The van der Waals surface area contributed by atoms with Crippen LogP contribution in [0.1, 0.15) is 16.7 Å². The Morgan fingerprint density at radius 1 is 1.05 bits per heavy atom. The molecule has 0 atom stereocenters. The number of benzene rings is 2. The quantitative estimate of drug-likeness (QED) is 0.861. The summed E-state index contributed by atoms with van der Waals surface area (Å²) in [6.07, 6.45) is 3.30. The molecule has 3 nitrogen and oxygen atoms in total. The number of ether oxygens (including phenoxy) is 1. The molecule has 0 saturated carbocycles. The molecule has 108 valence electrons.